The average Bonchev–Trinajstić information content (AvgIpc) is 2.83. The number of hydrogen-bond acceptors (Lipinski definition) is 4. The van der Waals surface area contributed by atoms with Crippen molar-refractivity contribution in [3.8, 4) is 0 Å². The number of halogens is 2. The minimum Gasteiger partial charge on any atom is -0.478 e. The molecule has 0 atom stereocenters. The number of aromatic nitrogens is 2. The number of H-pyrrole nitrogens is 1. The highest BCUT2D eigenvalue weighted by Gasteiger charge is 2.21. The van der Waals surface area contributed by atoms with Gasteiger partial charge >= 0.3 is 5.97 Å². The van der Waals surface area contributed by atoms with Crippen LogP contribution in [0.5, 0.6) is 0 Å². The van der Waals surface area contributed by atoms with Crippen LogP contribution in [0.3, 0.4) is 0 Å². The fourth-order valence-electron chi connectivity index (χ4n) is 1.38. The Bertz CT molecular complexity index is 761. The zero-order valence-corrected chi connectivity index (χ0v) is 12.8. The van der Waals surface area contributed by atoms with Crippen LogP contribution in [0.15, 0.2) is 33.9 Å². The van der Waals surface area contributed by atoms with E-state index in [1.807, 2.05) is 0 Å². The maximum absolute atomic E-state index is 12.1. The fraction of sp³-hybridized carbons (Fsp3) is 0. The van der Waals surface area contributed by atoms with Crippen LogP contribution in [0.1, 0.15) is 10.4 Å². The summed E-state index contributed by atoms with van der Waals surface area (Å²) in [5.41, 5.74) is -0.319. The average molecular weight is 381 g/mol. The number of rotatable bonds is 4. The number of nitrogens with zero attached hydrogens (tertiary/aromatic N) is 1. The Morgan fingerprint density at radius 2 is 2.15 bits per heavy atom. The van der Waals surface area contributed by atoms with E-state index in [9.17, 15) is 13.2 Å². The zero-order valence-electron chi connectivity index (χ0n) is 9.59. The number of aromatic amines is 1. The molecule has 3 N–H and O–H groups in total. The van der Waals surface area contributed by atoms with Gasteiger partial charge in [0.2, 0.25) is 5.95 Å². The van der Waals surface area contributed by atoms with Crippen LogP contribution in [0.2, 0.25) is 5.02 Å². The molecule has 2 rings (SSSR count). The van der Waals surface area contributed by atoms with E-state index in [-0.39, 0.29) is 25.9 Å². The number of hydrogen-bond donors (Lipinski definition) is 3. The minimum atomic E-state index is -3.97. The predicted octanol–water partition coefficient (Wildman–Crippen LogP) is 2.32. The molecule has 0 spiro atoms. The van der Waals surface area contributed by atoms with Gasteiger partial charge in [-0.25, -0.2) is 22.9 Å². The Balaban J connectivity index is 2.49. The van der Waals surface area contributed by atoms with E-state index >= 15 is 0 Å². The lowest BCUT2D eigenvalue weighted by Gasteiger charge is -2.08. The fourth-order valence-corrected chi connectivity index (χ4v) is 3.21. The molecule has 0 aliphatic heterocycles. The number of nitrogens with one attached hydrogen (secondary N) is 2. The summed E-state index contributed by atoms with van der Waals surface area (Å²) in [7, 11) is -3.97. The van der Waals surface area contributed by atoms with Crippen LogP contribution in [0.25, 0.3) is 0 Å². The summed E-state index contributed by atoms with van der Waals surface area (Å²) in [6, 6.07) is 2.18. The molecule has 7 nitrogen and oxygen atoms in total. The first kappa shape index (κ1) is 14.8. The third kappa shape index (κ3) is 2.94. The molecule has 1 aromatic heterocycles. The van der Waals surface area contributed by atoms with Gasteiger partial charge in [-0.2, -0.15) is 0 Å². The molecule has 0 unspecified atom stereocenters. The van der Waals surface area contributed by atoms with E-state index in [0.717, 1.165) is 6.07 Å². The van der Waals surface area contributed by atoms with E-state index < -0.39 is 16.0 Å². The van der Waals surface area contributed by atoms with Crippen LogP contribution >= 0.6 is 27.5 Å². The summed E-state index contributed by atoms with van der Waals surface area (Å²) in [5, 5.41) is 8.92. The SMILES string of the molecule is O=C(O)c1cc(S(=O)(=O)Nc2ncc[nH]2)cc(Br)c1Cl. The first-order chi connectivity index (χ1) is 9.31. The summed E-state index contributed by atoms with van der Waals surface area (Å²) in [6.45, 7) is 0. The highest BCUT2D eigenvalue weighted by Crippen LogP contribution is 2.30. The van der Waals surface area contributed by atoms with Crippen molar-refractivity contribution in [1.29, 1.82) is 0 Å². The summed E-state index contributed by atoms with van der Waals surface area (Å²) >= 11 is 8.82. The summed E-state index contributed by atoms with van der Waals surface area (Å²) < 4.78 is 26.6. The maximum Gasteiger partial charge on any atom is 0.337 e. The normalized spacial score (nSPS) is 11.3. The van der Waals surface area contributed by atoms with Gasteiger partial charge in [-0.15, -0.1) is 0 Å². The van der Waals surface area contributed by atoms with Crippen molar-refractivity contribution in [1.82, 2.24) is 9.97 Å². The summed E-state index contributed by atoms with van der Waals surface area (Å²) in [4.78, 5) is 17.1. The third-order valence-electron chi connectivity index (χ3n) is 2.27. The summed E-state index contributed by atoms with van der Waals surface area (Å²) in [6.07, 6.45) is 2.82. The van der Waals surface area contributed by atoms with Crippen LogP contribution in [0, 0.1) is 0 Å². The lowest BCUT2D eigenvalue weighted by molar-refractivity contribution is 0.0696. The molecule has 0 fully saturated rings. The van der Waals surface area contributed by atoms with Gasteiger partial charge in [0, 0.05) is 16.9 Å². The second-order valence-corrected chi connectivity index (χ2v) is 6.53. The monoisotopic (exact) mass is 379 g/mol. The molecule has 0 bridgehead atoms. The van der Waals surface area contributed by atoms with Gasteiger partial charge in [-0.1, -0.05) is 11.6 Å². The van der Waals surface area contributed by atoms with Crippen LogP contribution in [0.4, 0.5) is 5.95 Å². The molecule has 10 heteroatoms. The van der Waals surface area contributed by atoms with E-state index in [0.29, 0.717) is 0 Å². The Hall–Kier alpha value is -1.58. The van der Waals surface area contributed by atoms with Gasteiger partial charge < -0.3 is 10.1 Å². The smallest absolute Gasteiger partial charge is 0.337 e. The molecule has 1 heterocycles. The molecule has 106 valence electrons. The molecule has 20 heavy (non-hydrogen) atoms. The van der Waals surface area contributed by atoms with Gasteiger partial charge in [-0.3, -0.25) is 0 Å². The minimum absolute atomic E-state index is 0.0212. The first-order valence-electron chi connectivity index (χ1n) is 5.06. The van der Waals surface area contributed by atoms with Crippen LogP contribution < -0.4 is 4.72 Å². The molecular weight excluding hydrogens is 374 g/mol. The number of benzene rings is 1. The largest absolute Gasteiger partial charge is 0.478 e. The molecule has 2 aromatic rings. The standard InChI is InChI=1S/C10H7BrClN3O4S/c11-7-4-5(3-6(8(7)12)9(16)17)20(18,19)15-10-13-1-2-14-10/h1-4H,(H,16,17)(H2,13,14,15). The molecule has 0 saturated carbocycles. The van der Waals surface area contributed by atoms with Crippen LogP contribution in [-0.2, 0) is 10.0 Å². The van der Waals surface area contributed by atoms with Crippen molar-refractivity contribution in [3.63, 3.8) is 0 Å². The highest BCUT2D eigenvalue weighted by atomic mass is 79.9. The molecule has 0 radical (unpaired) electrons. The Morgan fingerprint density at radius 3 is 2.70 bits per heavy atom. The Kier molecular flexibility index (Phi) is 4.02. The third-order valence-corrected chi connectivity index (χ3v) is 4.85. The topological polar surface area (TPSA) is 112 Å². The summed E-state index contributed by atoms with van der Waals surface area (Å²) in [5.74, 6) is -1.31. The van der Waals surface area contributed by atoms with Gasteiger partial charge in [0.25, 0.3) is 10.0 Å². The maximum atomic E-state index is 12.1. The zero-order chi connectivity index (χ0) is 14.9. The van der Waals surface area contributed by atoms with E-state index in [1.165, 1.54) is 18.5 Å². The van der Waals surface area contributed by atoms with Gasteiger partial charge in [-0.05, 0) is 28.1 Å². The number of aromatic carboxylic acids is 1. The molecule has 0 amide bonds. The molecule has 0 saturated heterocycles. The van der Waals surface area contributed by atoms with Crippen molar-refractivity contribution in [2.75, 3.05) is 4.72 Å². The number of carbonyl (C=O) groups is 1. The van der Waals surface area contributed by atoms with E-state index in [1.54, 1.807) is 0 Å². The quantitative estimate of drug-likeness (QED) is 0.753. The second kappa shape index (κ2) is 5.43. The second-order valence-electron chi connectivity index (χ2n) is 3.62. The lowest BCUT2D eigenvalue weighted by Crippen LogP contribution is -2.15. The molecule has 0 aliphatic carbocycles. The predicted molar refractivity (Wildman–Crippen MR) is 75.5 cm³/mol. The number of anilines is 1. The highest BCUT2D eigenvalue weighted by molar-refractivity contribution is 9.10. The number of carboxylic acid groups (broad SMARTS) is 1. The molecule has 1 aromatic carbocycles. The molecule has 0 aliphatic rings. The molecular formula is C10H7BrClN3O4S. The Labute approximate surface area is 127 Å². The van der Waals surface area contributed by atoms with Gasteiger partial charge in [0.1, 0.15) is 0 Å². The Morgan fingerprint density at radius 1 is 1.45 bits per heavy atom. The van der Waals surface area contributed by atoms with Gasteiger partial charge in [0.05, 0.1) is 15.5 Å². The van der Waals surface area contributed by atoms with Crippen molar-refractivity contribution in [2.45, 2.75) is 4.90 Å². The lowest BCUT2D eigenvalue weighted by atomic mass is 10.2. The van der Waals surface area contributed by atoms with Crippen LogP contribution in [-0.4, -0.2) is 29.5 Å². The number of imidazole rings is 1. The number of carboxylic acids is 1. The van der Waals surface area contributed by atoms with Crippen molar-refractivity contribution < 1.29 is 18.3 Å². The van der Waals surface area contributed by atoms with Crippen molar-refractivity contribution in [3.05, 3.63) is 39.6 Å². The van der Waals surface area contributed by atoms with Crippen molar-refractivity contribution >= 4 is 49.5 Å². The van der Waals surface area contributed by atoms with E-state index in [2.05, 4.69) is 30.6 Å². The van der Waals surface area contributed by atoms with Gasteiger partial charge in [0.15, 0.2) is 0 Å². The first-order valence-corrected chi connectivity index (χ1v) is 7.71. The number of sulfonamides is 1. The van der Waals surface area contributed by atoms with E-state index in [4.69, 9.17) is 16.7 Å². The van der Waals surface area contributed by atoms with Crippen molar-refractivity contribution in [2.24, 2.45) is 0 Å².